The molecule has 0 aliphatic heterocycles. The van der Waals surface area contributed by atoms with Crippen LogP contribution in [0.1, 0.15) is 9.78 Å². The summed E-state index contributed by atoms with van der Waals surface area (Å²) in [5.74, 6) is 0. The fraction of sp³-hybridized carbons (Fsp3) is 1.00. The molecular weight excluding hydrogens is 133 g/mol. The van der Waals surface area contributed by atoms with Crippen LogP contribution in [-0.2, 0) is 4.57 Å². The molecular formula is C2H10NO4P. The number of rotatable bonds is 0. The largest absolute Gasteiger partial charge is 1.00 e. The first-order valence-electron chi connectivity index (χ1n) is 1.86. The molecule has 0 bridgehead atoms. The van der Waals surface area contributed by atoms with Gasteiger partial charge in [0.2, 0.25) is 0 Å². The fourth-order valence-electron chi connectivity index (χ4n) is 0. The number of hydrogen-bond acceptors (Lipinski definition) is 4. The normalized spacial score (nSPS) is 9.62. The van der Waals surface area contributed by atoms with E-state index in [1.807, 2.05) is 6.92 Å². The van der Waals surface area contributed by atoms with Gasteiger partial charge >= 0.3 is 2.85 Å². The second-order valence-electron chi connectivity index (χ2n) is 0.877. The Morgan fingerprint density at radius 2 is 1.88 bits per heavy atom. The number of nitrogens with two attached hydrogens (primary N) is 1. The molecule has 0 aliphatic rings. The Kier molecular flexibility index (Phi) is 7.13. The zero-order valence-electron chi connectivity index (χ0n) is 6.40. The van der Waals surface area contributed by atoms with Crippen molar-refractivity contribution in [1.29, 1.82) is 0 Å². The Bertz CT molecular complexity index is 77.1. The van der Waals surface area contributed by atoms with Gasteiger partial charge in [0.1, 0.15) is 0 Å². The van der Waals surface area contributed by atoms with Gasteiger partial charge in [-0.1, -0.05) is 6.92 Å². The molecule has 0 aromatic carbocycles. The summed E-state index contributed by atoms with van der Waals surface area (Å²) < 4.78 is 8.66. The van der Waals surface area contributed by atoms with Crippen molar-refractivity contribution < 1.29 is 22.1 Å². The molecule has 0 spiro atoms. The van der Waals surface area contributed by atoms with Crippen LogP contribution in [0.15, 0.2) is 0 Å². The molecule has 6 heteroatoms. The van der Waals surface area contributed by atoms with Crippen molar-refractivity contribution >= 4 is 7.82 Å². The molecule has 0 atom stereocenters. The molecule has 0 aromatic heterocycles. The van der Waals surface area contributed by atoms with Crippen LogP contribution in [0.4, 0.5) is 0 Å². The highest BCUT2D eigenvalue weighted by molar-refractivity contribution is 7.42. The summed E-state index contributed by atoms with van der Waals surface area (Å²) in [4.78, 5) is 24.3. The molecule has 0 unspecified atom stereocenters. The predicted octanol–water partition coefficient (Wildman–Crippen LogP) is -2.00. The van der Waals surface area contributed by atoms with Crippen LogP contribution in [0.3, 0.4) is 0 Å². The molecule has 5 nitrogen and oxygen atoms in total. The predicted molar refractivity (Wildman–Crippen MR) is 26.8 cm³/mol. The third-order valence-electron chi connectivity index (χ3n) is 0. The zero-order chi connectivity index (χ0) is 7.21. The highest BCUT2D eigenvalue weighted by atomic mass is 31.2. The molecule has 0 fully saturated rings. The van der Waals surface area contributed by atoms with Gasteiger partial charge in [0.05, 0.1) is 7.82 Å². The van der Waals surface area contributed by atoms with E-state index in [1.54, 1.807) is 0 Å². The van der Waals surface area contributed by atoms with Crippen molar-refractivity contribution in [3.8, 4) is 0 Å². The Morgan fingerprint density at radius 3 is 1.88 bits per heavy atom. The average Bonchev–Trinajstić information content (AvgIpc) is 1.27. The van der Waals surface area contributed by atoms with Crippen LogP contribution in [0.5, 0.6) is 0 Å². The topological polar surface area (TPSA) is 109 Å². The van der Waals surface area contributed by atoms with Crippen LogP contribution in [0.25, 0.3) is 0 Å². The zero-order valence-corrected chi connectivity index (χ0v) is 5.30. The third kappa shape index (κ3) is 31800. The quantitative estimate of drug-likeness (QED) is 0.381. The van der Waals surface area contributed by atoms with Crippen LogP contribution >= 0.6 is 7.82 Å². The lowest BCUT2D eigenvalue weighted by molar-refractivity contribution is -0.337. The second kappa shape index (κ2) is 5.21. The molecule has 8 heavy (non-hydrogen) atoms. The van der Waals surface area contributed by atoms with Gasteiger partial charge < -0.3 is 25.0 Å². The molecule has 0 amide bonds. The first-order chi connectivity index (χ1) is 3.41. The van der Waals surface area contributed by atoms with Gasteiger partial charge in [-0.15, -0.1) is 0 Å². The average molecular weight is 143 g/mol. The summed E-state index contributed by atoms with van der Waals surface area (Å²) >= 11 is 0. The highest BCUT2D eigenvalue weighted by Crippen LogP contribution is 2.11. The van der Waals surface area contributed by atoms with E-state index in [-0.39, 0.29) is 2.85 Å². The lowest BCUT2D eigenvalue weighted by Crippen LogP contribution is -2.11. The van der Waals surface area contributed by atoms with E-state index in [9.17, 15) is 0 Å². The number of phosphoric acid groups is 1. The smallest absolute Gasteiger partial charge is 0.790 e. The summed E-state index contributed by atoms with van der Waals surface area (Å²) in [6, 6.07) is 0. The molecule has 0 rings (SSSR count). The Balaban J connectivity index is -0.0000000326. The fourth-order valence-corrected chi connectivity index (χ4v) is 0. The van der Waals surface area contributed by atoms with Crippen LogP contribution in [0.2, 0.25) is 0 Å². The maximum Gasteiger partial charge on any atom is 1.00 e. The van der Waals surface area contributed by atoms with Gasteiger partial charge in [-0.25, -0.2) is 0 Å². The summed E-state index contributed by atoms with van der Waals surface area (Å²) in [5, 5.41) is 0. The minimum absolute atomic E-state index is 0. The molecule has 3 N–H and O–H groups in total. The SMILES string of the molecule is CCN.O=P([O-])([O-])O.[H+].[H+]. The lowest BCUT2D eigenvalue weighted by atomic mass is 10.8. The van der Waals surface area contributed by atoms with Crippen molar-refractivity contribution in [2.75, 3.05) is 6.54 Å². The van der Waals surface area contributed by atoms with Crippen LogP contribution in [-0.4, -0.2) is 11.4 Å². The molecule has 0 aliphatic carbocycles. The van der Waals surface area contributed by atoms with E-state index in [0.29, 0.717) is 0 Å². The number of hydrogen-bond donors (Lipinski definition) is 2. The molecule has 0 heterocycles. The van der Waals surface area contributed by atoms with Crippen molar-refractivity contribution in [2.45, 2.75) is 6.92 Å². The summed E-state index contributed by atoms with van der Waals surface area (Å²) in [5.41, 5.74) is 4.85. The van der Waals surface area contributed by atoms with Crippen molar-refractivity contribution in [2.24, 2.45) is 5.73 Å². The highest BCUT2D eigenvalue weighted by Gasteiger charge is 1.64. The van der Waals surface area contributed by atoms with Gasteiger partial charge in [-0.2, -0.15) is 0 Å². The first-order valence-corrected chi connectivity index (χ1v) is 3.36. The van der Waals surface area contributed by atoms with E-state index in [4.69, 9.17) is 25.0 Å². The Morgan fingerprint density at radius 1 is 1.88 bits per heavy atom. The lowest BCUT2D eigenvalue weighted by Gasteiger charge is -2.19. The van der Waals surface area contributed by atoms with E-state index in [1.165, 1.54) is 0 Å². The summed E-state index contributed by atoms with van der Waals surface area (Å²) in [6.45, 7) is 2.65. The maximum atomic E-state index is 8.66. The van der Waals surface area contributed by atoms with Crippen molar-refractivity contribution in [3.63, 3.8) is 0 Å². The first kappa shape index (κ1) is 10.9. The minimum atomic E-state index is -5.14. The summed E-state index contributed by atoms with van der Waals surface area (Å²) in [6.07, 6.45) is 0. The van der Waals surface area contributed by atoms with E-state index < -0.39 is 7.82 Å². The maximum absolute atomic E-state index is 8.66. The van der Waals surface area contributed by atoms with Crippen LogP contribution < -0.4 is 15.5 Å². The molecule has 0 radical (unpaired) electrons. The van der Waals surface area contributed by atoms with E-state index in [2.05, 4.69) is 0 Å². The molecule has 52 valence electrons. The van der Waals surface area contributed by atoms with Gasteiger partial charge in [-0.3, -0.25) is 0 Å². The molecule has 0 saturated carbocycles. The van der Waals surface area contributed by atoms with Crippen molar-refractivity contribution in [1.82, 2.24) is 0 Å². The van der Waals surface area contributed by atoms with E-state index in [0.717, 1.165) is 6.54 Å². The van der Waals surface area contributed by atoms with Gasteiger partial charge in [-0.05, 0) is 6.54 Å². The standard InChI is InChI=1S/C2H7N.H3O4P/c1-2-3;1-5(2,3)4/h2-3H2,1H3;(H3,1,2,3,4). The molecule has 0 saturated heterocycles. The monoisotopic (exact) mass is 143 g/mol. The van der Waals surface area contributed by atoms with Gasteiger partial charge in [0.25, 0.3) is 0 Å². The van der Waals surface area contributed by atoms with Gasteiger partial charge in [0, 0.05) is 0 Å². The third-order valence-corrected chi connectivity index (χ3v) is 0. The van der Waals surface area contributed by atoms with Gasteiger partial charge in [0.15, 0.2) is 0 Å². The van der Waals surface area contributed by atoms with Crippen molar-refractivity contribution in [3.05, 3.63) is 0 Å². The Hall–Kier alpha value is 0.0700. The summed E-state index contributed by atoms with van der Waals surface area (Å²) in [7, 11) is -5.14. The second-order valence-corrected chi connectivity index (χ2v) is 1.81. The Labute approximate surface area is 50.4 Å². The minimum Gasteiger partial charge on any atom is -0.790 e. The van der Waals surface area contributed by atoms with E-state index >= 15 is 0 Å². The molecule has 0 aromatic rings. The van der Waals surface area contributed by atoms with Crippen LogP contribution in [0, 0.1) is 0 Å².